The van der Waals surface area contributed by atoms with Gasteiger partial charge in [-0.1, -0.05) is 0 Å². The van der Waals surface area contributed by atoms with Crippen molar-refractivity contribution in [2.24, 2.45) is 0 Å². The van der Waals surface area contributed by atoms with Crippen LogP contribution in [-0.2, 0) is 22.7 Å². The Balaban J connectivity index is 0.000000980. The normalized spacial score (nSPS) is 17.0. The van der Waals surface area contributed by atoms with Crippen molar-refractivity contribution in [2.45, 2.75) is 30.8 Å². The highest BCUT2D eigenvalue weighted by Crippen LogP contribution is 2.20. The molecule has 2 rings (SSSR count). The fourth-order valence-electron chi connectivity index (χ4n) is 1.60. The number of fused-ring (bicyclic) bond motifs is 1. The fraction of sp³-hybridized carbons (Fsp3) is 0.625. The van der Waals surface area contributed by atoms with Crippen molar-refractivity contribution in [1.82, 2.24) is 9.97 Å². The number of imidazole rings is 1. The van der Waals surface area contributed by atoms with Crippen molar-refractivity contribution in [2.75, 3.05) is 6.26 Å². The Bertz CT molecular complexity index is 401. The average Bonchev–Trinajstić information content (AvgIpc) is 2.45. The fourth-order valence-corrected chi connectivity index (χ4v) is 2.19. The Morgan fingerprint density at radius 3 is 2.69 bits per heavy atom. The summed E-state index contributed by atoms with van der Waals surface area (Å²) >= 11 is 0. The Kier molecular flexibility index (Phi) is 1.91. The van der Waals surface area contributed by atoms with Crippen LogP contribution in [0.4, 0.5) is 0 Å². The van der Waals surface area contributed by atoms with Crippen molar-refractivity contribution in [3.63, 3.8) is 0 Å². The van der Waals surface area contributed by atoms with E-state index < -0.39 is 9.84 Å². The first kappa shape index (κ1) is 8.74. The lowest BCUT2D eigenvalue weighted by molar-refractivity contribution is 0.594. The molecule has 0 fully saturated rings. The van der Waals surface area contributed by atoms with Gasteiger partial charge >= 0.3 is 0 Å². The predicted octanol–water partition coefficient (Wildman–Crippen LogP) is 0.938. The molecule has 0 spiro atoms. The zero-order chi connectivity index (χ0) is 9.47. The summed E-state index contributed by atoms with van der Waals surface area (Å²) in [6.45, 7) is 0. The molecule has 0 bridgehead atoms. The van der Waals surface area contributed by atoms with E-state index in [-0.39, 0.29) is 6.58 Å². The van der Waals surface area contributed by atoms with E-state index >= 15 is 0 Å². The van der Waals surface area contributed by atoms with Gasteiger partial charge in [0.1, 0.15) is 0 Å². The van der Waals surface area contributed by atoms with E-state index in [4.69, 9.17) is 0 Å². The number of aryl methyl sites for hydroxylation is 2. The SMILES string of the molecule is CS(=O)(=O)c1nc2c([nH]1)CCCC2.[HH]. The van der Waals surface area contributed by atoms with E-state index in [1.165, 1.54) is 6.26 Å². The van der Waals surface area contributed by atoms with Gasteiger partial charge in [0.25, 0.3) is 0 Å². The molecule has 1 aromatic rings. The van der Waals surface area contributed by atoms with E-state index in [0.717, 1.165) is 37.1 Å². The average molecular weight is 202 g/mol. The first-order valence-electron chi connectivity index (χ1n) is 4.35. The maximum Gasteiger partial charge on any atom is 0.225 e. The van der Waals surface area contributed by atoms with Crippen molar-refractivity contribution in [3.05, 3.63) is 11.4 Å². The highest BCUT2D eigenvalue weighted by Gasteiger charge is 2.18. The molecule has 0 aliphatic heterocycles. The number of rotatable bonds is 1. The van der Waals surface area contributed by atoms with Crippen LogP contribution in [0.5, 0.6) is 0 Å². The van der Waals surface area contributed by atoms with Gasteiger partial charge in [-0.05, 0) is 25.7 Å². The first-order valence-corrected chi connectivity index (χ1v) is 6.24. The van der Waals surface area contributed by atoms with Gasteiger partial charge in [0.05, 0.1) is 5.69 Å². The third-order valence-electron chi connectivity index (χ3n) is 2.28. The van der Waals surface area contributed by atoms with Crippen LogP contribution in [0, 0.1) is 0 Å². The Morgan fingerprint density at radius 1 is 1.38 bits per heavy atom. The molecule has 1 aromatic heterocycles. The topological polar surface area (TPSA) is 62.8 Å². The van der Waals surface area contributed by atoms with Crippen LogP contribution in [0.2, 0.25) is 0 Å². The number of nitrogens with one attached hydrogen (secondary N) is 1. The summed E-state index contributed by atoms with van der Waals surface area (Å²) in [6, 6.07) is 0. The molecule has 13 heavy (non-hydrogen) atoms. The maximum absolute atomic E-state index is 11.2. The minimum absolute atomic E-state index is 0. The van der Waals surface area contributed by atoms with Gasteiger partial charge in [-0.3, -0.25) is 0 Å². The van der Waals surface area contributed by atoms with Crippen LogP contribution in [0.25, 0.3) is 0 Å². The minimum atomic E-state index is -3.16. The van der Waals surface area contributed by atoms with Crippen LogP contribution in [0.1, 0.15) is 25.7 Å². The lowest BCUT2D eigenvalue weighted by atomic mass is 10.0. The Labute approximate surface area is 78.8 Å². The Morgan fingerprint density at radius 2 is 2.08 bits per heavy atom. The van der Waals surface area contributed by atoms with E-state index in [1.54, 1.807) is 0 Å². The smallest absolute Gasteiger partial charge is 0.225 e. The number of sulfone groups is 1. The van der Waals surface area contributed by atoms with Gasteiger partial charge in [-0.25, -0.2) is 13.4 Å². The molecule has 0 amide bonds. The second-order valence-corrected chi connectivity index (χ2v) is 5.38. The molecule has 0 saturated heterocycles. The highest BCUT2D eigenvalue weighted by molar-refractivity contribution is 7.90. The number of hydrogen-bond donors (Lipinski definition) is 1. The summed E-state index contributed by atoms with van der Waals surface area (Å²) in [4.78, 5) is 6.95. The van der Waals surface area contributed by atoms with Crippen LogP contribution in [-0.4, -0.2) is 24.6 Å². The van der Waals surface area contributed by atoms with Gasteiger partial charge in [0.2, 0.25) is 15.0 Å². The first-order chi connectivity index (χ1) is 6.07. The molecule has 1 aliphatic carbocycles. The van der Waals surface area contributed by atoms with E-state index in [2.05, 4.69) is 9.97 Å². The molecule has 1 N–H and O–H groups in total. The summed E-state index contributed by atoms with van der Waals surface area (Å²) in [6.07, 6.45) is 5.25. The molecule has 0 unspecified atom stereocenters. The summed E-state index contributed by atoms with van der Waals surface area (Å²) in [5.41, 5.74) is 1.94. The van der Waals surface area contributed by atoms with Crippen LogP contribution in [0.3, 0.4) is 0 Å². The van der Waals surface area contributed by atoms with Gasteiger partial charge < -0.3 is 4.98 Å². The van der Waals surface area contributed by atoms with Crippen molar-refractivity contribution >= 4 is 9.84 Å². The quantitative estimate of drug-likeness (QED) is 0.737. The lowest BCUT2D eigenvalue weighted by Crippen LogP contribution is -2.00. The largest absolute Gasteiger partial charge is 0.332 e. The zero-order valence-corrected chi connectivity index (χ0v) is 8.32. The number of aromatic amines is 1. The van der Waals surface area contributed by atoms with Crippen molar-refractivity contribution < 1.29 is 9.84 Å². The zero-order valence-electron chi connectivity index (χ0n) is 7.50. The Hall–Kier alpha value is -0.840. The molecule has 1 heterocycles. The molecule has 0 aromatic carbocycles. The highest BCUT2D eigenvalue weighted by atomic mass is 32.2. The molecule has 0 atom stereocenters. The summed E-state index contributed by atoms with van der Waals surface area (Å²) in [5.74, 6) is 0. The number of hydrogen-bond acceptors (Lipinski definition) is 3. The number of nitrogens with zero attached hydrogens (tertiary/aromatic N) is 1. The maximum atomic E-state index is 11.2. The number of H-pyrrole nitrogens is 1. The van der Waals surface area contributed by atoms with Gasteiger partial charge in [0, 0.05) is 13.4 Å². The molecule has 1 aliphatic rings. The van der Waals surface area contributed by atoms with Crippen LogP contribution in [0.15, 0.2) is 5.16 Å². The summed E-state index contributed by atoms with van der Waals surface area (Å²) < 4.78 is 22.3. The van der Waals surface area contributed by atoms with Crippen LogP contribution < -0.4 is 0 Å². The van der Waals surface area contributed by atoms with Crippen molar-refractivity contribution in [1.29, 1.82) is 0 Å². The van der Waals surface area contributed by atoms with E-state index in [0.29, 0.717) is 0 Å². The predicted molar refractivity (Wildman–Crippen MR) is 50.5 cm³/mol. The van der Waals surface area contributed by atoms with Gasteiger partial charge in [0.15, 0.2) is 0 Å². The molecule has 74 valence electrons. The molecular formula is C8H14N2O2S. The van der Waals surface area contributed by atoms with Gasteiger partial charge in [-0.15, -0.1) is 0 Å². The minimum Gasteiger partial charge on any atom is -0.332 e. The molecule has 0 saturated carbocycles. The summed E-state index contributed by atoms with van der Waals surface area (Å²) in [5, 5.41) is 0.124. The van der Waals surface area contributed by atoms with Crippen molar-refractivity contribution in [3.8, 4) is 0 Å². The molecule has 4 nitrogen and oxygen atoms in total. The van der Waals surface area contributed by atoms with Crippen LogP contribution >= 0.6 is 0 Å². The molecule has 0 radical (unpaired) electrons. The van der Waals surface area contributed by atoms with E-state index in [1.807, 2.05) is 0 Å². The second-order valence-electron chi connectivity index (χ2n) is 3.45. The number of aromatic nitrogens is 2. The summed E-state index contributed by atoms with van der Waals surface area (Å²) in [7, 11) is -3.16. The standard InChI is InChI=1S/C8H12N2O2S.H2/c1-13(11,12)8-9-6-4-2-3-5-7(6)10-8;/h2-5H2,1H3,(H,9,10);1H. The molecular weight excluding hydrogens is 188 g/mol. The third-order valence-corrected chi connectivity index (χ3v) is 3.18. The van der Waals surface area contributed by atoms with E-state index in [9.17, 15) is 8.42 Å². The third kappa shape index (κ3) is 1.60. The van der Waals surface area contributed by atoms with Gasteiger partial charge in [-0.2, -0.15) is 0 Å². The lowest BCUT2D eigenvalue weighted by Gasteiger charge is -2.07. The second kappa shape index (κ2) is 2.83. The molecule has 5 heteroatoms. The monoisotopic (exact) mass is 202 g/mol.